The molecule has 1 rings (SSSR count). The lowest BCUT2D eigenvalue weighted by molar-refractivity contribution is -0.142. The Morgan fingerprint density at radius 3 is 2.28 bits per heavy atom. The summed E-state index contributed by atoms with van der Waals surface area (Å²) in [6, 6.07) is 7.94. The fourth-order valence-electron chi connectivity index (χ4n) is 1.27. The van der Waals surface area contributed by atoms with Crippen LogP contribution in [0.15, 0.2) is 46.2 Å². The maximum atomic E-state index is 11.9. The summed E-state index contributed by atoms with van der Waals surface area (Å²) in [6.45, 7) is 4.83. The molecule has 4 nitrogen and oxygen atoms in total. The first-order chi connectivity index (χ1) is 8.33. The molecule has 0 saturated carbocycles. The molecule has 0 aliphatic heterocycles. The van der Waals surface area contributed by atoms with Gasteiger partial charge >= 0.3 is 5.97 Å². The van der Waals surface area contributed by atoms with E-state index in [4.69, 9.17) is 4.74 Å². The van der Waals surface area contributed by atoms with Gasteiger partial charge in [-0.1, -0.05) is 18.2 Å². The lowest BCUT2D eigenvalue weighted by Gasteiger charge is -2.07. The number of benzene rings is 1. The molecule has 0 radical (unpaired) electrons. The van der Waals surface area contributed by atoms with E-state index in [-0.39, 0.29) is 16.6 Å². The van der Waals surface area contributed by atoms with Crippen LogP contribution >= 0.6 is 0 Å². The van der Waals surface area contributed by atoms with Gasteiger partial charge in [0.1, 0.15) is 0 Å². The van der Waals surface area contributed by atoms with Gasteiger partial charge in [0.15, 0.2) is 9.84 Å². The predicted molar refractivity (Wildman–Crippen MR) is 68.6 cm³/mol. The van der Waals surface area contributed by atoms with Crippen LogP contribution in [0.2, 0.25) is 0 Å². The zero-order chi connectivity index (χ0) is 13.8. The molecule has 0 unspecified atom stereocenters. The van der Waals surface area contributed by atoms with E-state index < -0.39 is 15.8 Å². The topological polar surface area (TPSA) is 60.4 Å². The highest BCUT2D eigenvalue weighted by molar-refractivity contribution is 7.94. The van der Waals surface area contributed by atoms with E-state index in [2.05, 4.69) is 0 Å². The van der Waals surface area contributed by atoms with Crippen molar-refractivity contribution in [3.8, 4) is 0 Å². The number of hydrogen-bond acceptors (Lipinski definition) is 4. The summed E-state index contributed by atoms with van der Waals surface area (Å²) in [4.78, 5) is 11.7. The summed E-state index contributed by atoms with van der Waals surface area (Å²) < 4.78 is 28.8. The quantitative estimate of drug-likeness (QED) is 0.621. The van der Waals surface area contributed by atoms with Crippen LogP contribution in [-0.2, 0) is 19.4 Å². The van der Waals surface area contributed by atoms with Gasteiger partial charge in [0.2, 0.25) is 0 Å². The maximum absolute atomic E-state index is 11.9. The zero-order valence-corrected chi connectivity index (χ0v) is 11.4. The van der Waals surface area contributed by atoms with Crippen molar-refractivity contribution in [3.63, 3.8) is 0 Å². The Balaban J connectivity index is 2.98. The number of sulfone groups is 1. The molecular formula is C13H16O4S. The van der Waals surface area contributed by atoms with E-state index in [1.807, 2.05) is 0 Å². The van der Waals surface area contributed by atoms with Crippen LogP contribution in [0.1, 0.15) is 20.8 Å². The highest BCUT2D eigenvalue weighted by Gasteiger charge is 2.15. The Bertz CT molecular complexity index is 542. The molecule has 5 heteroatoms. The second kappa shape index (κ2) is 5.82. The van der Waals surface area contributed by atoms with Crippen molar-refractivity contribution in [3.05, 3.63) is 41.3 Å². The zero-order valence-electron chi connectivity index (χ0n) is 10.6. The van der Waals surface area contributed by atoms with Crippen LogP contribution in [0.5, 0.6) is 0 Å². The van der Waals surface area contributed by atoms with Crippen LogP contribution < -0.4 is 0 Å². The highest BCUT2D eigenvalue weighted by atomic mass is 32.2. The molecule has 1 aromatic rings. The van der Waals surface area contributed by atoms with E-state index in [1.165, 1.54) is 19.1 Å². The Hall–Kier alpha value is -1.62. The number of hydrogen-bond donors (Lipinski definition) is 0. The van der Waals surface area contributed by atoms with Gasteiger partial charge in [-0.3, -0.25) is 0 Å². The third kappa shape index (κ3) is 4.00. The van der Waals surface area contributed by atoms with E-state index in [1.54, 1.807) is 32.0 Å². The third-order valence-corrected chi connectivity index (χ3v) is 3.66. The van der Waals surface area contributed by atoms with Gasteiger partial charge in [-0.2, -0.15) is 0 Å². The molecular weight excluding hydrogens is 252 g/mol. The van der Waals surface area contributed by atoms with Crippen molar-refractivity contribution in [2.45, 2.75) is 31.8 Å². The Labute approximate surface area is 107 Å². The van der Waals surface area contributed by atoms with E-state index in [0.29, 0.717) is 0 Å². The number of esters is 1. The number of rotatable bonds is 4. The van der Waals surface area contributed by atoms with Crippen molar-refractivity contribution in [2.75, 3.05) is 0 Å². The summed E-state index contributed by atoms with van der Waals surface area (Å²) in [5.41, 5.74) is 0.0625. The minimum Gasteiger partial charge on any atom is -0.460 e. The Morgan fingerprint density at radius 1 is 1.22 bits per heavy atom. The number of carbonyl (C=O) groups excluding carboxylic acids is 1. The van der Waals surface area contributed by atoms with Crippen molar-refractivity contribution >= 4 is 15.8 Å². The molecule has 98 valence electrons. The molecule has 0 heterocycles. The van der Waals surface area contributed by atoms with E-state index in [9.17, 15) is 13.2 Å². The molecule has 0 bridgehead atoms. The largest absolute Gasteiger partial charge is 0.460 e. The standard InChI is InChI=1S/C13H16O4S/c1-10(2)17-13(14)11(3)9-18(15,16)12-7-5-4-6-8-12/h4-10H,1-3H3. The molecule has 0 spiro atoms. The van der Waals surface area contributed by atoms with Crippen LogP contribution in [0.25, 0.3) is 0 Å². The fraction of sp³-hybridized carbons (Fsp3) is 0.308. The molecule has 0 aromatic heterocycles. The van der Waals surface area contributed by atoms with Crippen LogP contribution in [0.4, 0.5) is 0 Å². The lowest BCUT2D eigenvalue weighted by atomic mass is 10.3. The molecule has 0 aliphatic rings. The van der Waals surface area contributed by atoms with Gasteiger partial charge in [0.25, 0.3) is 0 Å². The SMILES string of the molecule is CC(=CS(=O)(=O)c1ccccc1)C(=O)OC(C)C. The molecule has 0 fully saturated rings. The molecule has 0 amide bonds. The predicted octanol–water partition coefficient (Wildman–Crippen LogP) is 2.32. The second-order valence-electron chi connectivity index (χ2n) is 4.11. The van der Waals surface area contributed by atoms with Crippen LogP contribution in [0.3, 0.4) is 0 Å². The van der Waals surface area contributed by atoms with Gasteiger partial charge < -0.3 is 4.74 Å². The van der Waals surface area contributed by atoms with E-state index in [0.717, 1.165) is 5.41 Å². The summed E-state index contributed by atoms with van der Waals surface area (Å²) >= 11 is 0. The van der Waals surface area contributed by atoms with Crippen molar-refractivity contribution in [2.24, 2.45) is 0 Å². The first-order valence-electron chi connectivity index (χ1n) is 5.52. The van der Waals surface area contributed by atoms with Crippen molar-refractivity contribution in [1.29, 1.82) is 0 Å². The summed E-state index contributed by atoms with van der Waals surface area (Å²) in [6.07, 6.45) is -0.278. The molecule has 0 aliphatic carbocycles. The maximum Gasteiger partial charge on any atom is 0.334 e. The van der Waals surface area contributed by atoms with Gasteiger partial charge in [-0.25, -0.2) is 13.2 Å². The first kappa shape index (κ1) is 14.4. The van der Waals surface area contributed by atoms with Gasteiger partial charge in [-0.15, -0.1) is 0 Å². The van der Waals surface area contributed by atoms with Gasteiger partial charge in [0.05, 0.1) is 11.0 Å². The van der Waals surface area contributed by atoms with Crippen LogP contribution in [0, 0.1) is 0 Å². The average Bonchev–Trinajstić information content (AvgIpc) is 2.28. The summed E-state index contributed by atoms with van der Waals surface area (Å²) in [5.74, 6) is -0.621. The number of ether oxygens (including phenoxy) is 1. The third-order valence-electron chi connectivity index (χ3n) is 2.07. The van der Waals surface area contributed by atoms with Crippen LogP contribution in [-0.4, -0.2) is 20.5 Å². The molecule has 0 atom stereocenters. The summed E-state index contributed by atoms with van der Waals surface area (Å²) in [7, 11) is -3.60. The van der Waals surface area contributed by atoms with Crippen molar-refractivity contribution < 1.29 is 17.9 Å². The highest BCUT2D eigenvalue weighted by Crippen LogP contribution is 2.14. The van der Waals surface area contributed by atoms with Crippen molar-refractivity contribution in [1.82, 2.24) is 0 Å². The average molecular weight is 268 g/mol. The Morgan fingerprint density at radius 2 is 1.78 bits per heavy atom. The smallest absolute Gasteiger partial charge is 0.334 e. The first-order valence-corrected chi connectivity index (χ1v) is 7.07. The monoisotopic (exact) mass is 268 g/mol. The minimum atomic E-state index is -3.60. The number of carbonyl (C=O) groups is 1. The Kier molecular flexibility index (Phi) is 4.67. The second-order valence-corrected chi connectivity index (χ2v) is 5.91. The van der Waals surface area contributed by atoms with Gasteiger partial charge in [0, 0.05) is 11.0 Å². The summed E-state index contributed by atoms with van der Waals surface area (Å²) in [5, 5.41) is 0.938. The lowest BCUT2D eigenvalue weighted by Crippen LogP contribution is -2.13. The molecule has 0 N–H and O–H groups in total. The van der Waals surface area contributed by atoms with E-state index >= 15 is 0 Å². The minimum absolute atomic E-state index is 0.0625. The van der Waals surface area contributed by atoms with Gasteiger partial charge in [-0.05, 0) is 32.9 Å². The molecule has 18 heavy (non-hydrogen) atoms. The normalized spacial score (nSPS) is 12.6. The molecule has 1 aromatic carbocycles. The molecule has 0 saturated heterocycles. The fourth-order valence-corrected chi connectivity index (χ4v) is 2.50.